The summed E-state index contributed by atoms with van der Waals surface area (Å²) < 4.78 is 23.9. The number of nitrogens with zero attached hydrogens (tertiary/aromatic N) is 2. The van der Waals surface area contributed by atoms with Crippen LogP contribution >= 0.6 is 0 Å². The molecule has 0 aromatic heterocycles. The molecule has 1 rings (SSSR count). The van der Waals surface area contributed by atoms with E-state index in [-0.39, 0.29) is 6.54 Å². The van der Waals surface area contributed by atoms with Crippen LogP contribution in [0.3, 0.4) is 0 Å². The molecule has 0 aliphatic carbocycles. The number of carboxylic acids is 1. The van der Waals surface area contributed by atoms with Crippen LogP contribution in [0.2, 0.25) is 0 Å². The van der Waals surface area contributed by atoms with E-state index in [2.05, 4.69) is 0 Å². The van der Waals surface area contributed by atoms with E-state index in [4.69, 9.17) is 5.11 Å². The van der Waals surface area contributed by atoms with Crippen molar-refractivity contribution in [2.45, 2.75) is 6.42 Å². The highest BCUT2D eigenvalue weighted by Crippen LogP contribution is 2.06. The number of hydrogen-bond acceptors (Lipinski definition) is 4. The lowest BCUT2D eigenvalue weighted by atomic mass is 10.4. The van der Waals surface area contributed by atoms with Crippen LogP contribution in [0.25, 0.3) is 0 Å². The van der Waals surface area contributed by atoms with Gasteiger partial charge < -0.3 is 5.11 Å². The molecule has 0 amide bonds. The van der Waals surface area contributed by atoms with Crippen LogP contribution in [-0.4, -0.2) is 67.7 Å². The van der Waals surface area contributed by atoms with Crippen LogP contribution < -0.4 is 0 Å². The molecule has 0 radical (unpaired) electrons. The molecule has 1 saturated heterocycles. The van der Waals surface area contributed by atoms with E-state index >= 15 is 0 Å². The highest BCUT2D eigenvalue weighted by molar-refractivity contribution is 7.88. The smallest absolute Gasteiger partial charge is 0.317 e. The summed E-state index contributed by atoms with van der Waals surface area (Å²) in [6.07, 6.45) is 1.86. The van der Waals surface area contributed by atoms with Crippen molar-refractivity contribution in [3.63, 3.8) is 0 Å². The number of carbonyl (C=O) groups is 1. The van der Waals surface area contributed by atoms with Crippen molar-refractivity contribution in [2.24, 2.45) is 0 Å². The topological polar surface area (TPSA) is 77.9 Å². The molecule has 0 saturated carbocycles. The molecule has 88 valence electrons. The molecule has 1 N–H and O–H groups in total. The Morgan fingerprint density at radius 3 is 2.47 bits per heavy atom. The molecule has 0 spiro atoms. The van der Waals surface area contributed by atoms with Gasteiger partial charge in [0.25, 0.3) is 0 Å². The van der Waals surface area contributed by atoms with Gasteiger partial charge in [0.15, 0.2) is 0 Å². The van der Waals surface area contributed by atoms with Crippen molar-refractivity contribution in [1.29, 1.82) is 0 Å². The van der Waals surface area contributed by atoms with Gasteiger partial charge in [-0.2, -0.15) is 0 Å². The quantitative estimate of drug-likeness (QED) is 0.682. The molecule has 1 aliphatic rings. The number of sulfonamides is 1. The first-order valence-electron chi connectivity index (χ1n) is 4.79. The zero-order valence-corrected chi connectivity index (χ0v) is 9.53. The summed E-state index contributed by atoms with van der Waals surface area (Å²) in [5, 5.41) is 8.61. The van der Waals surface area contributed by atoms with E-state index in [9.17, 15) is 13.2 Å². The zero-order valence-electron chi connectivity index (χ0n) is 8.72. The summed E-state index contributed by atoms with van der Waals surface area (Å²) in [5.41, 5.74) is 0. The van der Waals surface area contributed by atoms with E-state index in [1.807, 2.05) is 0 Å². The summed E-state index contributed by atoms with van der Waals surface area (Å²) in [5.74, 6) is -0.872. The second kappa shape index (κ2) is 4.91. The third kappa shape index (κ3) is 4.15. The summed E-state index contributed by atoms with van der Waals surface area (Å²) >= 11 is 0. The van der Waals surface area contributed by atoms with E-state index in [0.717, 1.165) is 0 Å². The minimum Gasteiger partial charge on any atom is -0.480 e. The third-order valence-electron chi connectivity index (χ3n) is 2.38. The Bertz CT molecular complexity index is 328. The number of carboxylic acid groups (broad SMARTS) is 1. The van der Waals surface area contributed by atoms with Crippen molar-refractivity contribution in [1.82, 2.24) is 9.21 Å². The fourth-order valence-electron chi connectivity index (χ4n) is 1.63. The van der Waals surface area contributed by atoms with Gasteiger partial charge in [0.2, 0.25) is 10.0 Å². The molecule has 0 aromatic rings. The Hall–Kier alpha value is -0.660. The third-order valence-corrected chi connectivity index (χ3v) is 3.68. The fourth-order valence-corrected chi connectivity index (χ4v) is 2.50. The molecule has 0 bridgehead atoms. The van der Waals surface area contributed by atoms with Crippen LogP contribution in [-0.2, 0) is 14.8 Å². The van der Waals surface area contributed by atoms with Crippen LogP contribution in [0, 0.1) is 0 Å². The fraction of sp³-hybridized carbons (Fsp3) is 0.875. The molecule has 0 unspecified atom stereocenters. The summed E-state index contributed by atoms with van der Waals surface area (Å²) in [4.78, 5) is 12.2. The van der Waals surface area contributed by atoms with Crippen molar-refractivity contribution < 1.29 is 18.3 Å². The molecule has 1 heterocycles. The van der Waals surface area contributed by atoms with Crippen molar-refractivity contribution in [3.05, 3.63) is 0 Å². The summed E-state index contributed by atoms with van der Waals surface area (Å²) in [6, 6.07) is 0. The Kier molecular flexibility index (Phi) is 4.06. The molecular formula is C8H16N2O4S. The van der Waals surface area contributed by atoms with Crippen LogP contribution in [0.15, 0.2) is 0 Å². The van der Waals surface area contributed by atoms with Crippen molar-refractivity contribution >= 4 is 16.0 Å². The van der Waals surface area contributed by atoms with Crippen LogP contribution in [0.4, 0.5) is 0 Å². The van der Waals surface area contributed by atoms with Gasteiger partial charge in [0.1, 0.15) is 0 Å². The lowest BCUT2D eigenvalue weighted by molar-refractivity contribution is -0.138. The Labute approximate surface area is 89.5 Å². The first kappa shape index (κ1) is 12.4. The molecule has 0 aromatic carbocycles. The molecule has 0 atom stereocenters. The zero-order chi connectivity index (χ0) is 11.5. The first-order chi connectivity index (χ1) is 6.89. The Morgan fingerprint density at radius 2 is 1.93 bits per heavy atom. The molecular weight excluding hydrogens is 220 g/mol. The van der Waals surface area contributed by atoms with Crippen LogP contribution in [0.1, 0.15) is 6.42 Å². The maximum atomic E-state index is 11.3. The highest BCUT2D eigenvalue weighted by Gasteiger charge is 2.21. The van der Waals surface area contributed by atoms with Gasteiger partial charge in [-0.1, -0.05) is 0 Å². The maximum absolute atomic E-state index is 11.3. The van der Waals surface area contributed by atoms with Crippen molar-refractivity contribution in [3.8, 4) is 0 Å². The van der Waals surface area contributed by atoms with Gasteiger partial charge in [0, 0.05) is 26.2 Å². The molecule has 1 aliphatic heterocycles. The van der Waals surface area contributed by atoms with Gasteiger partial charge in [-0.3, -0.25) is 9.69 Å². The van der Waals surface area contributed by atoms with E-state index in [0.29, 0.717) is 32.6 Å². The van der Waals surface area contributed by atoms with E-state index < -0.39 is 16.0 Å². The SMILES string of the molecule is CS(=O)(=O)N1CCCN(CC(=O)O)CC1. The first-order valence-corrected chi connectivity index (χ1v) is 6.63. The predicted molar refractivity (Wildman–Crippen MR) is 55.1 cm³/mol. The van der Waals surface area contributed by atoms with E-state index in [1.165, 1.54) is 10.6 Å². The molecule has 1 fully saturated rings. The summed E-state index contributed by atoms with van der Waals surface area (Å²) in [7, 11) is -3.14. The van der Waals surface area contributed by atoms with Gasteiger partial charge in [-0.25, -0.2) is 12.7 Å². The van der Waals surface area contributed by atoms with Gasteiger partial charge >= 0.3 is 5.97 Å². The maximum Gasteiger partial charge on any atom is 0.317 e. The largest absolute Gasteiger partial charge is 0.480 e. The Morgan fingerprint density at radius 1 is 1.27 bits per heavy atom. The van der Waals surface area contributed by atoms with Gasteiger partial charge in [-0.05, 0) is 6.42 Å². The minimum absolute atomic E-state index is 0.0163. The number of rotatable bonds is 3. The standard InChI is InChI=1S/C8H16N2O4S/c1-15(13,14)10-4-2-3-9(5-6-10)7-8(11)12/h2-7H2,1H3,(H,11,12). The average molecular weight is 236 g/mol. The molecule has 7 heteroatoms. The predicted octanol–water partition coefficient (Wildman–Crippen LogP) is -0.962. The highest BCUT2D eigenvalue weighted by atomic mass is 32.2. The second-order valence-electron chi connectivity index (χ2n) is 3.69. The molecule has 15 heavy (non-hydrogen) atoms. The monoisotopic (exact) mass is 236 g/mol. The number of aliphatic carboxylic acids is 1. The Balaban J connectivity index is 2.52. The second-order valence-corrected chi connectivity index (χ2v) is 5.67. The lowest BCUT2D eigenvalue weighted by Gasteiger charge is -2.18. The number of hydrogen-bond donors (Lipinski definition) is 1. The van der Waals surface area contributed by atoms with Crippen molar-refractivity contribution in [2.75, 3.05) is 39.0 Å². The van der Waals surface area contributed by atoms with Gasteiger partial charge in [-0.15, -0.1) is 0 Å². The normalized spacial score (nSPS) is 21.1. The van der Waals surface area contributed by atoms with Crippen LogP contribution in [0.5, 0.6) is 0 Å². The summed E-state index contributed by atoms with van der Waals surface area (Å²) in [6.45, 7) is 1.97. The average Bonchev–Trinajstić information content (AvgIpc) is 2.27. The van der Waals surface area contributed by atoms with E-state index in [1.54, 1.807) is 4.90 Å². The van der Waals surface area contributed by atoms with Gasteiger partial charge in [0.05, 0.1) is 12.8 Å². The molecule has 6 nitrogen and oxygen atoms in total. The lowest BCUT2D eigenvalue weighted by Crippen LogP contribution is -2.36. The minimum atomic E-state index is -3.14.